The highest BCUT2D eigenvalue weighted by atomic mass is 16.7. The number of aromatic nitrogens is 3. The molecule has 0 radical (unpaired) electrons. The van der Waals surface area contributed by atoms with E-state index in [4.69, 9.17) is 14.2 Å². The molecule has 1 amide bonds. The van der Waals surface area contributed by atoms with Crippen LogP contribution in [0, 0.1) is 0 Å². The van der Waals surface area contributed by atoms with E-state index >= 15 is 0 Å². The molecule has 2 aromatic rings. The zero-order chi connectivity index (χ0) is 17.2. The van der Waals surface area contributed by atoms with Crippen LogP contribution in [0.3, 0.4) is 0 Å². The van der Waals surface area contributed by atoms with Crippen LogP contribution < -0.4 is 14.2 Å². The molecule has 0 unspecified atom stereocenters. The fourth-order valence-corrected chi connectivity index (χ4v) is 3.24. The Labute approximate surface area is 145 Å². The number of fused-ring (bicyclic) bond motifs is 1. The predicted molar refractivity (Wildman–Crippen MR) is 87.5 cm³/mol. The van der Waals surface area contributed by atoms with Crippen LogP contribution in [0.5, 0.6) is 17.2 Å². The predicted octanol–water partition coefficient (Wildman–Crippen LogP) is 1.64. The van der Waals surface area contributed by atoms with Crippen LogP contribution in [0.1, 0.15) is 25.8 Å². The van der Waals surface area contributed by atoms with Gasteiger partial charge in [0.25, 0.3) is 5.91 Å². The summed E-state index contributed by atoms with van der Waals surface area (Å²) in [6, 6.07) is 5.68. The minimum Gasteiger partial charge on any atom is -0.481 e. The van der Waals surface area contributed by atoms with E-state index in [1.807, 2.05) is 9.47 Å². The first-order valence-corrected chi connectivity index (χ1v) is 8.40. The summed E-state index contributed by atoms with van der Waals surface area (Å²) in [7, 11) is 0. The van der Waals surface area contributed by atoms with Gasteiger partial charge in [-0.2, -0.15) is 0 Å². The molecule has 1 saturated heterocycles. The summed E-state index contributed by atoms with van der Waals surface area (Å²) in [5.41, 5.74) is 0. The quantitative estimate of drug-likeness (QED) is 0.839. The molecule has 1 aromatic carbocycles. The van der Waals surface area contributed by atoms with Crippen LogP contribution >= 0.6 is 0 Å². The Balaban J connectivity index is 1.33. The zero-order valence-electron chi connectivity index (χ0n) is 14.0. The van der Waals surface area contributed by atoms with Crippen LogP contribution in [-0.4, -0.2) is 51.6 Å². The lowest BCUT2D eigenvalue weighted by Crippen LogP contribution is -2.45. The highest BCUT2D eigenvalue weighted by Crippen LogP contribution is 2.35. The van der Waals surface area contributed by atoms with E-state index in [9.17, 15) is 4.79 Å². The Morgan fingerprint density at radius 1 is 1.20 bits per heavy atom. The number of carbonyl (C=O) groups excluding carboxylic acids is 1. The van der Waals surface area contributed by atoms with Crippen molar-refractivity contribution in [2.45, 2.75) is 31.9 Å². The highest BCUT2D eigenvalue weighted by molar-refractivity contribution is 5.81. The summed E-state index contributed by atoms with van der Waals surface area (Å²) in [5, 5.41) is 7.69. The largest absolute Gasteiger partial charge is 0.481 e. The molecule has 1 atom stereocenters. The Kier molecular flexibility index (Phi) is 4.17. The van der Waals surface area contributed by atoms with Gasteiger partial charge in [-0.15, -0.1) is 10.2 Å². The van der Waals surface area contributed by atoms with Gasteiger partial charge in [-0.1, -0.05) is 0 Å². The molecule has 8 nitrogen and oxygen atoms in total. The second-order valence-electron chi connectivity index (χ2n) is 6.24. The highest BCUT2D eigenvalue weighted by Gasteiger charge is 2.28. The maximum Gasteiger partial charge on any atom is 0.263 e. The van der Waals surface area contributed by atoms with Crippen LogP contribution in [0.4, 0.5) is 0 Å². The molecule has 0 spiro atoms. The van der Waals surface area contributed by atoms with E-state index < -0.39 is 6.10 Å². The average molecular weight is 344 g/mol. The van der Waals surface area contributed by atoms with Gasteiger partial charge in [0.1, 0.15) is 18.4 Å². The van der Waals surface area contributed by atoms with Crippen LogP contribution in [-0.2, 0) is 4.79 Å². The van der Waals surface area contributed by atoms with Crippen molar-refractivity contribution in [2.24, 2.45) is 0 Å². The van der Waals surface area contributed by atoms with Crippen LogP contribution in [0.2, 0.25) is 0 Å². The smallest absolute Gasteiger partial charge is 0.263 e. The Hall–Kier alpha value is -2.77. The Bertz CT molecular complexity index is 741. The third-order valence-corrected chi connectivity index (χ3v) is 4.64. The van der Waals surface area contributed by atoms with Gasteiger partial charge >= 0.3 is 0 Å². The van der Waals surface area contributed by atoms with E-state index in [2.05, 4.69) is 10.2 Å². The summed E-state index contributed by atoms with van der Waals surface area (Å²) in [4.78, 5) is 14.5. The van der Waals surface area contributed by atoms with Gasteiger partial charge in [0.15, 0.2) is 17.6 Å². The molecule has 25 heavy (non-hydrogen) atoms. The Morgan fingerprint density at radius 3 is 2.68 bits per heavy atom. The second kappa shape index (κ2) is 6.62. The van der Waals surface area contributed by atoms with Crippen molar-refractivity contribution in [3.8, 4) is 17.2 Å². The molecule has 132 valence electrons. The number of amides is 1. The zero-order valence-corrected chi connectivity index (χ0v) is 14.0. The SMILES string of the molecule is C[C@H](Oc1ccc2c(c1)OCO2)C(=O)N1CCC(n2cnnc2)CC1. The van der Waals surface area contributed by atoms with Crippen molar-refractivity contribution < 1.29 is 19.0 Å². The lowest BCUT2D eigenvalue weighted by Gasteiger charge is -2.33. The average Bonchev–Trinajstić information content (AvgIpc) is 3.32. The topological polar surface area (TPSA) is 78.7 Å². The van der Waals surface area contributed by atoms with Gasteiger partial charge in [-0.3, -0.25) is 4.79 Å². The minimum absolute atomic E-state index is 0.000118. The molecule has 0 N–H and O–H groups in total. The van der Waals surface area contributed by atoms with Gasteiger partial charge in [0.2, 0.25) is 6.79 Å². The minimum atomic E-state index is -0.549. The van der Waals surface area contributed by atoms with Crippen molar-refractivity contribution in [2.75, 3.05) is 19.9 Å². The van der Waals surface area contributed by atoms with Gasteiger partial charge in [0.05, 0.1) is 0 Å². The monoisotopic (exact) mass is 344 g/mol. The van der Waals surface area contributed by atoms with E-state index in [1.165, 1.54) is 0 Å². The lowest BCUT2D eigenvalue weighted by atomic mass is 10.0. The Morgan fingerprint density at radius 2 is 1.92 bits per heavy atom. The standard InChI is InChI=1S/C17H20N4O4/c1-12(25-14-2-3-15-16(8-14)24-11-23-15)17(22)20-6-4-13(5-7-20)21-9-18-19-10-21/h2-3,8-10,12-13H,4-7,11H2,1H3/t12-/m0/s1. The van der Waals surface area contributed by atoms with Crippen molar-refractivity contribution in [1.82, 2.24) is 19.7 Å². The van der Waals surface area contributed by atoms with Crippen molar-refractivity contribution >= 4 is 5.91 Å². The molecule has 2 aliphatic heterocycles. The van der Waals surface area contributed by atoms with E-state index in [1.54, 1.807) is 37.8 Å². The number of nitrogens with zero attached hydrogens (tertiary/aromatic N) is 4. The van der Waals surface area contributed by atoms with Gasteiger partial charge in [-0.05, 0) is 31.9 Å². The van der Waals surface area contributed by atoms with E-state index in [-0.39, 0.29) is 12.7 Å². The molecule has 0 bridgehead atoms. The number of hydrogen-bond acceptors (Lipinski definition) is 6. The number of benzene rings is 1. The number of hydrogen-bond donors (Lipinski definition) is 0. The number of ether oxygens (including phenoxy) is 3. The lowest BCUT2D eigenvalue weighted by molar-refractivity contribution is -0.139. The van der Waals surface area contributed by atoms with Crippen LogP contribution in [0.25, 0.3) is 0 Å². The van der Waals surface area contributed by atoms with Crippen molar-refractivity contribution in [3.63, 3.8) is 0 Å². The first-order chi connectivity index (χ1) is 12.2. The van der Waals surface area contributed by atoms with Gasteiger partial charge in [-0.25, -0.2) is 0 Å². The summed E-state index contributed by atoms with van der Waals surface area (Å²) in [6.45, 7) is 3.40. The molecular weight excluding hydrogens is 324 g/mol. The molecule has 2 aliphatic rings. The summed E-state index contributed by atoms with van der Waals surface area (Å²) >= 11 is 0. The van der Waals surface area contributed by atoms with Gasteiger partial charge < -0.3 is 23.7 Å². The van der Waals surface area contributed by atoms with Crippen molar-refractivity contribution in [3.05, 3.63) is 30.9 Å². The fraction of sp³-hybridized carbons (Fsp3) is 0.471. The first kappa shape index (κ1) is 15.7. The molecule has 0 saturated carbocycles. The molecular formula is C17H20N4O4. The normalized spacial score (nSPS) is 18.2. The molecule has 1 aromatic heterocycles. The maximum absolute atomic E-state index is 12.6. The van der Waals surface area contributed by atoms with E-state index in [0.717, 1.165) is 12.8 Å². The molecule has 3 heterocycles. The maximum atomic E-state index is 12.6. The van der Waals surface area contributed by atoms with Crippen LogP contribution in [0.15, 0.2) is 30.9 Å². The molecule has 0 aliphatic carbocycles. The second-order valence-corrected chi connectivity index (χ2v) is 6.24. The molecule has 8 heteroatoms. The summed E-state index contributed by atoms with van der Waals surface area (Å²) in [5.74, 6) is 1.94. The third-order valence-electron chi connectivity index (χ3n) is 4.64. The number of rotatable bonds is 4. The molecule has 4 rings (SSSR count). The number of carbonyl (C=O) groups is 1. The van der Waals surface area contributed by atoms with Gasteiger partial charge in [0, 0.05) is 25.2 Å². The number of likely N-dealkylation sites (tertiary alicyclic amines) is 1. The fourth-order valence-electron chi connectivity index (χ4n) is 3.24. The number of piperidine rings is 1. The summed E-state index contributed by atoms with van der Waals surface area (Å²) < 4.78 is 18.4. The summed E-state index contributed by atoms with van der Waals surface area (Å²) in [6.07, 6.45) is 4.69. The first-order valence-electron chi connectivity index (χ1n) is 8.40. The van der Waals surface area contributed by atoms with E-state index in [0.29, 0.717) is 36.4 Å². The van der Waals surface area contributed by atoms with Crippen molar-refractivity contribution in [1.29, 1.82) is 0 Å². The third kappa shape index (κ3) is 3.24. The molecule has 1 fully saturated rings.